The second kappa shape index (κ2) is 9.34. The van der Waals surface area contributed by atoms with E-state index >= 15 is 0 Å². The van der Waals surface area contributed by atoms with Gasteiger partial charge in [0.25, 0.3) is 0 Å². The predicted molar refractivity (Wildman–Crippen MR) is 111 cm³/mol. The molecule has 0 saturated heterocycles. The lowest BCUT2D eigenvalue weighted by molar-refractivity contribution is 0.112. The minimum absolute atomic E-state index is 0. The number of hydrogen-bond donors (Lipinski definition) is 2. The Hall–Kier alpha value is -1.18. The summed E-state index contributed by atoms with van der Waals surface area (Å²) in [6.45, 7) is 5.33. The first-order valence-corrected chi connectivity index (χ1v) is 8.27. The largest absolute Gasteiger partial charge is 0.497 e. The van der Waals surface area contributed by atoms with E-state index in [1.165, 1.54) is 25.7 Å². The van der Waals surface area contributed by atoms with Gasteiger partial charge in [-0.1, -0.05) is 20.3 Å². The molecule has 0 heterocycles. The molecule has 3 N–H and O–H groups in total. The van der Waals surface area contributed by atoms with Crippen molar-refractivity contribution in [3.05, 3.63) is 18.2 Å². The molecule has 1 aliphatic carbocycles. The summed E-state index contributed by atoms with van der Waals surface area (Å²) in [4.78, 5) is 4.58. The molecule has 136 valence electrons. The van der Waals surface area contributed by atoms with E-state index in [4.69, 9.17) is 15.2 Å². The number of nitrogens with two attached hydrogens (primary N) is 1. The quantitative estimate of drug-likeness (QED) is 0.372. The molecule has 1 aliphatic rings. The summed E-state index contributed by atoms with van der Waals surface area (Å²) in [5, 5.41) is 3.13. The Balaban J connectivity index is 0.00000288. The Bertz CT molecular complexity index is 557. The third-order valence-electron chi connectivity index (χ3n) is 4.51. The van der Waals surface area contributed by atoms with Crippen LogP contribution in [0.5, 0.6) is 11.5 Å². The minimum atomic E-state index is 0. The molecule has 0 radical (unpaired) electrons. The lowest BCUT2D eigenvalue weighted by Crippen LogP contribution is -2.35. The van der Waals surface area contributed by atoms with Gasteiger partial charge < -0.3 is 20.5 Å². The van der Waals surface area contributed by atoms with E-state index in [1.54, 1.807) is 14.2 Å². The third-order valence-corrected chi connectivity index (χ3v) is 4.51. The Labute approximate surface area is 162 Å². The highest BCUT2D eigenvalue weighted by Gasteiger charge is 2.37. The van der Waals surface area contributed by atoms with Gasteiger partial charge in [0.15, 0.2) is 5.96 Å². The molecular formula is C18H30IN3O2. The smallest absolute Gasteiger partial charge is 0.193 e. The van der Waals surface area contributed by atoms with Gasteiger partial charge in [0, 0.05) is 12.6 Å². The Morgan fingerprint density at radius 3 is 2.50 bits per heavy atom. The van der Waals surface area contributed by atoms with Crippen LogP contribution in [-0.4, -0.2) is 26.7 Å². The maximum Gasteiger partial charge on any atom is 0.193 e. The normalized spacial score (nSPS) is 16.1. The van der Waals surface area contributed by atoms with Crippen molar-refractivity contribution in [3.63, 3.8) is 0 Å². The zero-order valence-electron chi connectivity index (χ0n) is 15.1. The van der Waals surface area contributed by atoms with Gasteiger partial charge in [-0.15, -0.1) is 24.0 Å². The second-order valence-electron chi connectivity index (χ2n) is 6.84. The van der Waals surface area contributed by atoms with Gasteiger partial charge in [0.1, 0.15) is 11.5 Å². The van der Waals surface area contributed by atoms with Crippen LogP contribution in [0.25, 0.3) is 0 Å². The number of anilines is 1. The van der Waals surface area contributed by atoms with Gasteiger partial charge in [0.05, 0.1) is 19.9 Å². The van der Waals surface area contributed by atoms with Gasteiger partial charge in [0.2, 0.25) is 0 Å². The lowest BCUT2D eigenvalue weighted by Gasteiger charge is -2.42. The fraction of sp³-hybridized carbons (Fsp3) is 0.611. The summed E-state index contributed by atoms with van der Waals surface area (Å²) < 4.78 is 10.6. The topological polar surface area (TPSA) is 68.9 Å². The molecule has 0 spiro atoms. The van der Waals surface area contributed by atoms with E-state index in [0.717, 1.165) is 18.0 Å². The number of methoxy groups -OCH3 is 2. The van der Waals surface area contributed by atoms with Crippen LogP contribution in [0.4, 0.5) is 5.69 Å². The van der Waals surface area contributed by atoms with E-state index in [1.807, 2.05) is 18.2 Å². The summed E-state index contributed by atoms with van der Waals surface area (Å²) in [6.07, 6.45) is 5.03. The molecule has 1 saturated carbocycles. The number of halogens is 1. The van der Waals surface area contributed by atoms with Crippen LogP contribution in [0.2, 0.25) is 0 Å². The maximum atomic E-state index is 6.08. The predicted octanol–water partition coefficient (Wildman–Crippen LogP) is 4.26. The van der Waals surface area contributed by atoms with Crippen LogP contribution < -0.4 is 20.5 Å². The SMILES string of the molecule is COc1ccc(OC)c(NC(N)=NCC2(CC(C)C)CCC2)c1.I. The van der Waals surface area contributed by atoms with Crippen molar-refractivity contribution in [2.45, 2.75) is 39.5 Å². The average Bonchev–Trinajstić information content (AvgIpc) is 2.49. The first-order chi connectivity index (χ1) is 11.0. The molecular weight excluding hydrogens is 417 g/mol. The van der Waals surface area contributed by atoms with Crippen LogP contribution in [0.1, 0.15) is 39.5 Å². The molecule has 0 amide bonds. The molecule has 0 aliphatic heterocycles. The summed E-state index contributed by atoms with van der Waals surface area (Å²) in [5.74, 6) is 2.57. The standard InChI is InChI=1S/C18H29N3O2.HI/c1-13(2)11-18(8-5-9-18)12-20-17(19)21-15-10-14(22-3)6-7-16(15)23-4;/h6-7,10,13H,5,8-9,11-12H2,1-4H3,(H3,19,20,21);1H. The fourth-order valence-corrected chi connectivity index (χ4v) is 3.31. The molecule has 1 aromatic rings. The number of aliphatic imine (C=N–C) groups is 1. The molecule has 1 fully saturated rings. The zero-order chi connectivity index (χ0) is 16.9. The Morgan fingerprint density at radius 1 is 1.29 bits per heavy atom. The average molecular weight is 447 g/mol. The summed E-state index contributed by atoms with van der Waals surface area (Å²) in [7, 11) is 3.27. The monoisotopic (exact) mass is 447 g/mol. The maximum absolute atomic E-state index is 6.08. The van der Waals surface area contributed by atoms with Crippen LogP contribution in [0, 0.1) is 11.3 Å². The van der Waals surface area contributed by atoms with Crippen LogP contribution >= 0.6 is 24.0 Å². The number of hydrogen-bond acceptors (Lipinski definition) is 3. The van der Waals surface area contributed by atoms with Crippen LogP contribution in [-0.2, 0) is 0 Å². The fourth-order valence-electron chi connectivity index (χ4n) is 3.31. The Kier molecular flexibility index (Phi) is 8.12. The van der Waals surface area contributed by atoms with Crippen molar-refractivity contribution in [2.24, 2.45) is 22.1 Å². The molecule has 0 bridgehead atoms. The van der Waals surface area contributed by atoms with Gasteiger partial charge in [-0.05, 0) is 42.7 Å². The highest BCUT2D eigenvalue weighted by atomic mass is 127. The second-order valence-corrected chi connectivity index (χ2v) is 6.84. The molecule has 6 heteroatoms. The van der Waals surface area contributed by atoms with Gasteiger partial charge in [-0.2, -0.15) is 0 Å². The molecule has 0 atom stereocenters. The van der Waals surface area contributed by atoms with E-state index in [9.17, 15) is 0 Å². The number of rotatable bonds is 7. The highest BCUT2D eigenvalue weighted by molar-refractivity contribution is 14.0. The summed E-state index contributed by atoms with van der Waals surface area (Å²) in [5.41, 5.74) is 7.19. The van der Waals surface area contributed by atoms with E-state index in [-0.39, 0.29) is 24.0 Å². The van der Waals surface area contributed by atoms with Crippen molar-refractivity contribution < 1.29 is 9.47 Å². The molecule has 24 heavy (non-hydrogen) atoms. The van der Waals surface area contributed by atoms with Crippen molar-refractivity contribution >= 4 is 35.6 Å². The number of ether oxygens (including phenoxy) is 2. The van der Waals surface area contributed by atoms with E-state index in [0.29, 0.717) is 23.0 Å². The molecule has 0 unspecified atom stereocenters. The number of guanidine groups is 1. The van der Waals surface area contributed by atoms with Crippen molar-refractivity contribution in [1.29, 1.82) is 0 Å². The molecule has 2 rings (SSSR count). The van der Waals surface area contributed by atoms with Crippen molar-refractivity contribution in [1.82, 2.24) is 0 Å². The molecule has 5 nitrogen and oxygen atoms in total. The highest BCUT2D eigenvalue weighted by Crippen LogP contribution is 2.46. The summed E-state index contributed by atoms with van der Waals surface area (Å²) >= 11 is 0. The van der Waals surface area contributed by atoms with Crippen molar-refractivity contribution in [2.75, 3.05) is 26.1 Å². The van der Waals surface area contributed by atoms with Gasteiger partial charge >= 0.3 is 0 Å². The summed E-state index contributed by atoms with van der Waals surface area (Å²) in [6, 6.07) is 5.55. The van der Waals surface area contributed by atoms with Gasteiger partial charge in [-0.25, -0.2) is 0 Å². The number of nitrogens with one attached hydrogen (secondary N) is 1. The Morgan fingerprint density at radius 2 is 2.00 bits per heavy atom. The van der Waals surface area contributed by atoms with Crippen LogP contribution in [0.15, 0.2) is 23.2 Å². The van der Waals surface area contributed by atoms with E-state index in [2.05, 4.69) is 24.2 Å². The first kappa shape index (κ1) is 20.9. The third kappa shape index (κ3) is 5.43. The van der Waals surface area contributed by atoms with Crippen LogP contribution in [0.3, 0.4) is 0 Å². The lowest BCUT2D eigenvalue weighted by atomic mass is 9.64. The van der Waals surface area contributed by atoms with E-state index < -0.39 is 0 Å². The molecule has 1 aromatic carbocycles. The number of benzene rings is 1. The zero-order valence-corrected chi connectivity index (χ0v) is 17.4. The van der Waals surface area contributed by atoms with Crippen molar-refractivity contribution in [3.8, 4) is 11.5 Å². The molecule has 0 aromatic heterocycles. The first-order valence-electron chi connectivity index (χ1n) is 8.27. The minimum Gasteiger partial charge on any atom is -0.497 e. The number of nitrogens with zero attached hydrogens (tertiary/aromatic N) is 1. The van der Waals surface area contributed by atoms with Gasteiger partial charge in [-0.3, -0.25) is 4.99 Å².